The third kappa shape index (κ3) is 2.59. The number of amides is 1. The van der Waals surface area contributed by atoms with Crippen LogP contribution < -0.4 is 4.74 Å². The zero-order valence-electron chi connectivity index (χ0n) is 9.59. The Labute approximate surface area is 104 Å². The van der Waals surface area contributed by atoms with Crippen molar-refractivity contribution in [2.24, 2.45) is 0 Å². The van der Waals surface area contributed by atoms with Gasteiger partial charge in [-0.2, -0.15) is 0 Å². The van der Waals surface area contributed by atoms with Crippen LogP contribution in [-0.2, 0) is 4.74 Å². The lowest BCUT2D eigenvalue weighted by Gasteiger charge is -2.31. The normalized spacial score (nSPS) is 20.4. The number of thiophene rings is 1. The van der Waals surface area contributed by atoms with Crippen molar-refractivity contribution in [3.05, 3.63) is 16.3 Å². The highest BCUT2D eigenvalue weighted by molar-refractivity contribution is 7.12. The Morgan fingerprint density at radius 1 is 1.76 bits per heavy atom. The number of morpholine rings is 1. The Morgan fingerprint density at radius 2 is 2.59 bits per heavy atom. The SMILES string of the molecule is COc1ccsc1C(=O)N1CCOC(CO)C1. The quantitative estimate of drug-likeness (QED) is 0.861. The summed E-state index contributed by atoms with van der Waals surface area (Å²) in [6.07, 6.45) is -0.279. The Balaban J connectivity index is 2.09. The molecule has 0 saturated carbocycles. The number of aliphatic hydroxyl groups excluding tert-OH is 1. The molecule has 2 rings (SSSR count). The average molecular weight is 257 g/mol. The fourth-order valence-electron chi connectivity index (χ4n) is 1.77. The van der Waals surface area contributed by atoms with Gasteiger partial charge in [-0.05, 0) is 11.4 Å². The minimum absolute atomic E-state index is 0.0569. The van der Waals surface area contributed by atoms with Crippen LogP contribution in [0, 0.1) is 0 Å². The van der Waals surface area contributed by atoms with Gasteiger partial charge in [-0.25, -0.2) is 0 Å². The molecule has 2 heterocycles. The molecule has 1 saturated heterocycles. The number of ether oxygens (including phenoxy) is 2. The molecule has 1 aliphatic heterocycles. The molecule has 94 valence electrons. The molecule has 1 unspecified atom stereocenters. The number of hydrogen-bond donors (Lipinski definition) is 1. The Hall–Kier alpha value is -1.11. The molecule has 0 radical (unpaired) electrons. The van der Waals surface area contributed by atoms with Crippen molar-refractivity contribution in [3.63, 3.8) is 0 Å². The van der Waals surface area contributed by atoms with Gasteiger partial charge in [-0.3, -0.25) is 4.79 Å². The van der Waals surface area contributed by atoms with Crippen LogP contribution in [0.1, 0.15) is 9.67 Å². The topological polar surface area (TPSA) is 59.0 Å². The molecule has 0 spiro atoms. The molecule has 5 nitrogen and oxygen atoms in total. The van der Waals surface area contributed by atoms with Gasteiger partial charge < -0.3 is 19.5 Å². The van der Waals surface area contributed by atoms with Crippen LogP contribution in [-0.4, -0.2) is 55.4 Å². The van der Waals surface area contributed by atoms with E-state index in [1.165, 1.54) is 11.3 Å². The van der Waals surface area contributed by atoms with Crippen molar-refractivity contribution in [3.8, 4) is 5.75 Å². The first-order valence-corrected chi connectivity index (χ1v) is 6.27. The fourth-order valence-corrected chi connectivity index (χ4v) is 2.60. The van der Waals surface area contributed by atoms with Gasteiger partial charge >= 0.3 is 0 Å². The van der Waals surface area contributed by atoms with Crippen molar-refractivity contribution < 1.29 is 19.4 Å². The van der Waals surface area contributed by atoms with Crippen LogP contribution in [0.15, 0.2) is 11.4 Å². The third-order valence-electron chi connectivity index (χ3n) is 2.67. The molecule has 0 bridgehead atoms. The molecule has 1 N–H and O–H groups in total. The maximum atomic E-state index is 12.2. The van der Waals surface area contributed by atoms with Crippen molar-refractivity contribution >= 4 is 17.2 Å². The fraction of sp³-hybridized carbons (Fsp3) is 0.545. The van der Waals surface area contributed by atoms with E-state index in [1.54, 1.807) is 18.1 Å². The molecular weight excluding hydrogens is 242 g/mol. The summed E-state index contributed by atoms with van der Waals surface area (Å²) < 4.78 is 10.4. The summed E-state index contributed by atoms with van der Waals surface area (Å²) in [7, 11) is 1.55. The number of hydrogen-bond acceptors (Lipinski definition) is 5. The lowest BCUT2D eigenvalue weighted by molar-refractivity contribution is -0.0446. The summed E-state index contributed by atoms with van der Waals surface area (Å²) in [5, 5.41) is 10.9. The van der Waals surface area contributed by atoms with Crippen molar-refractivity contribution in [2.45, 2.75) is 6.10 Å². The Bertz CT molecular complexity index is 393. The maximum Gasteiger partial charge on any atom is 0.267 e. The molecule has 17 heavy (non-hydrogen) atoms. The minimum Gasteiger partial charge on any atom is -0.495 e. The molecule has 1 aromatic rings. The van der Waals surface area contributed by atoms with E-state index in [2.05, 4.69) is 0 Å². The van der Waals surface area contributed by atoms with Gasteiger partial charge in [0, 0.05) is 13.1 Å². The van der Waals surface area contributed by atoms with Crippen LogP contribution in [0.5, 0.6) is 5.75 Å². The summed E-state index contributed by atoms with van der Waals surface area (Å²) in [5.41, 5.74) is 0. The van der Waals surface area contributed by atoms with Crippen LogP contribution >= 0.6 is 11.3 Å². The molecule has 0 aliphatic carbocycles. The second kappa shape index (κ2) is 5.48. The van der Waals surface area contributed by atoms with E-state index < -0.39 is 0 Å². The first-order chi connectivity index (χ1) is 8.26. The predicted octanol–water partition coefficient (Wildman–Crippen LogP) is 0.590. The summed E-state index contributed by atoms with van der Waals surface area (Å²) >= 11 is 1.37. The second-order valence-corrected chi connectivity index (χ2v) is 4.66. The largest absolute Gasteiger partial charge is 0.495 e. The molecule has 0 aromatic carbocycles. The van der Waals surface area contributed by atoms with E-state index in [9.17, 15) is 4.79 Å². The highest BCUT2D eigenvalue weighted by atomic mass is 32.1. The highest BCUT2D eigenvalue weighted by Crippen LogP contribution is 2.26. The summed E-state index contributed by atoms with van der Waals surface area (Å²) in [6, 6.07) is 1.78. The van der Waals surface area contributed by atoms with Crippen LogP contribution in [0.4, 0.5) is 0 Å². The van der Waals surface area contributed by atoms with Crippen molar-refractivity contribution in [1.29, 1.82) is 0 Å². The van der Waals surface area contributed by atoms with Gasteiger partial charge in [-0.15, -0.1) is 11.3 Å². The van der Waals surface area contributed by atoms with Gasteiger partial charge in [0.25, 0.3) is 5.91 Å². The lowest BCUT2D eigenvalue weighted by Crippen LogP contribution is -2.46. The van der Waals surface area contributed by atoms with Gasteiger partial charge in [0.05, 0.1) is 26.4 Å². The van der Waals surface area contributed by atoms with Crippen LogP contribution in [0.2, 0.25) is 0 Å². The highest BCUT2D eigenvalue weighted by Gasteiger charge is 2.26. The molecule has 6 heteroatoms. The third-order valence-corrected chi connectivity index (χ3v) is 3.56. The van der Waals surface area contributed by atoms with E-state index in [-0.39, 0.29) is 18.6 Å². The maximum absolute atomic E-state index is 12.2. The number of carbonyl (C=O) groups excluding carboxylic acids is 1. The van der Waals surface area contributed by atoms with Crippen LogP contribution in [0.25, 0.3) is 0 Å². The summed E-state index contributed by atoms with van der Waals surface area (Å²) in [5.74, 6) is 0.547. The zero-order valence-corrected chi connectivity index (χ0v) is 10.4. The van der Waals surface area contributed by atoms with Gasteiger partial charge in [0.2, 0.25) is 0 Å². The van der Waals surface area contributed by atoms with E-state index in [4.69, 9.17) is 14.6 Å². The average Bonchev–Trinajstić information content (AvgIpc) is 2.86. The van der Waals surface area contributed by atoms with E-state index >= 15 is 0 Å². The number of methoxy groups -OCH3 is 1. The number of nitrogens with zero attached hydrogens (tertiary/aromatic N) is 1. The van der Waals surface area contributed by atoms with Gasteiger partial charge in [-0.1, -0.05) is 0 Å². The summed E-state index contributed by atoms with van der Waals surface area (Å²) in [4.78, 5) is 14.5. The van der Waals surface area contributed by atoms with Gasteiger partial charge in [0.15, 0.2) is 0 Å². The van der Waals surface area contributed by atoms with Crippen molar-refractivity contribution in [1.82, 2.24) is 4.90 Å². The zero-order chi connectivity index (χ0) is 12.3. The predicted molar refractivity (Wildman–Crippen MR) is 63.6 cm³/mol. The van der Waals surface area contributed by atoms with E-state index in [0.717, 1.165) is 0 Å². The number of carbonyl (C=O) groups is 1. The number of rotatable bonds is 3. The second-order valence-electron chi connectivity index (χ2n) is 3.74. The Morgan fingerprint density at radius 3 is 3.29 bits per heavy atom. The molecular formula is C11H15NO4S. The summed E-state index contributed by atoms with van der Waals surface area (Å²) in [6.45, 7) is 1.38. The standard InChI is InChI=1S/C11H15NO4S/c1-15-9-2-5-17-10(9)11(14)12-3-4-16-8(6-12)7-13/h2,5,8,13H,3-4,6-7H2,1H3. The smallest absolute Gasteiger partial charge is 0.267 e. The van der Waals surface area contributed by atoms with E-state index in [1.807, 2.05) is 5.38 Å². The number of aliphatic hydroxyl groups is 1. The lowest BCUT2D eigenvalue weighted by atomic mass is 10.2. The minimum atomic E-state index is -0.279. The van der Waals surface area contributed by atoms with Gasteiger partial charge in [0.1, 0.15) is 10.6 Å². The first kappa shape index (κ1) is 12.3. The molecule has 1 amide bonds. The monoisotopic (exact) mass is 257 g/mol. The molecule has 1 aliphatic rings. The molecule has 1 atom stereocenters. The molecule has 1 fully saturated rings. The van der Waals surface area contributed by atoms with Crippen LogP contribution in [0.3, 0.4) is 0 Å². The first-order valence-electron chi connectivity index (χ1n) is 5.39. The Kier molecular flexibility index (Phi) is 3.98. The molecule has 1 aromatic heterocycles. The van der Waals surface area contributed by atoms with Crippen molar-refractivity contribution in [2.75, 3.05) is 33.4 Å². The van der Waals surface area contributed by atoms with E-state index in [0.29, 0.717) is 30.3 Å².